The molecule has 1 heterocycles. The van der Waals surface area contributed by atoms with Gasteiger partial charge in [-0.05, 0) is 12.1 Å². The number of rotatable bonds is 7. The molecule has 0 saturated carbocycles. The van der Waals surface area contributed by atoms with Gasteiger partial charge in [-0.1, -0.05) is 36.4 Å². The zero-order chi connectivity index (χ0) is 22.8. The van der Waals surface area contributed by atoms with Crippen molar-refractivity contribution in [3.8, 4) is 16.9 Å². The summed E-state index contributed by atoms with van der Waals surface area (Å²) >= 11 is 0. The van der Waals surface area contributed by atoms with Crippen molar-refractivity contribution >= 4 is 16.9 Å². The lowest BCUT2D eigenvalue weighted by atomic mass is 9.97. The Kier molecular flexibility index (Phi) is 5.87. The zero-order valence-corrected chi connectivity index (χ0v) is 16.7. The molecule has 32 heavy (non-hydrogen) atoms. The summed E-state index contributed by atoms with van der Waals surface area (Å²) in [5.41, 5.74) is 5.60. The van der Waals surface area contributed by atoms with Crippen LogP contribution in [-0.2, 0) is 24.4 Å². The van der Waals surface area contributed by atoms with Gasteiger partial charge in [-0.15, -0.1) is 0 Å². The number of halogens is 3. The number of para-hydroxylation sites is 1. The van der Waals surface area contributed by atoms with E-state index >= 15 is 4.39 Å². The Balaban J connectivity index is 1.80. The molecule has 164 valence electrons. The number of benzene rings is 3. The predicted octanol–water partition coefficient (Wildman–Crippen LogP) is 5.18. The van der Waals surface area contributed by atoms with Crippen LogP contribution in [0.2, 0.25) is 0 Å². The molecule has 0 atom stereocenters. The van der Waals surface area contributed by atoms with Gasteiger partial charge in [-0.25, -0.2) is 13.2 Å². The zero-order valence-electron chi connectivity index (χ0n) is 16.7. The number of aliphatic carboxylic acids is 1. The highest BCUT2D eigenvalue weighted by Gasteiger charge is 2.23. The van der Waals surface area contributed by atoms with E-state index in [1.165, 1.54) is 24.3 Å². The molecule has 8 heteroatoms. The van der Waals surface area contributed by atoms with E-state index in [1.807, 2.05) is 0 Å². The van der Waals surface area contributed by atoms with E-state index < -0.39 is 23.4 Å². The van der Waals surface area contributed by atoms with Crippen LogP contribution in [0.4, 0.5) is 13.2 Å². The van der Waals surface area contributed by atoms with Gasteiger partial charge < -0.3 is 20.0 Å². The van der Waals surface area contributed by atoms with Gasteiger partial charge in [-0.2, -0.15) is 0 Å². The standard InChI is InChI=1S/C24H18F3NO4/c25-18-12-32-24-17(18)8-15(11-31-19-7-2-1-4-13(19)9-20(29)30)23(27)21(24)16-6-3-5-14(10-28)22(16)26/h1-8,12H,9-11,28H2,(H,29,30). The molecule has 0 aliphatic carbocycles. The van der Waals surface area contributed by atoms with Crippen LogP contribution in [0.3, 0.4) is 0 Å². The second-order valence-electron chi connectivity index (χ2n) is 7.13. The lowest BCUT2D eigenvalue weighted by Gasteiger charge is -2.14. The first kappa shape index (κ1) is 21.5. The topological polar surface area (TPSA) is 85.7 Å². The second-order valence-corrected chi connectivity index (χ2v) is 7.13. The van der Waals surface area contributed by atoms with Gasteiger partial charge in [0.2, 0.25) is 0 Å². The molecule has 0 unspecified atom stereocenters. The summed E-state index contributed by atoms with van der Waals surface area (Å²) in [5, 5.41) is 9.03. The van der Waals surface area contributed by atoms with E-state index in [0.717, 1.165) is 6.26 Å². The maximum atomic E-state index is 15.6. The number of carboxylic acid groups (broad SMARTS) is 1. The molecule has 0 fully saturated rings. The van der Waals surface area contributed by atoms with Crippen molar-refractivity contribution in [2.75, 3.05) is 0 Å². The van der Waals surface area contributed by atoms with Crippen LogP contribution >= 0.6 is 0 Å². The van der Waals surface area contributed by atoms with Gasteiger partial charge >= 0.3 is 5.97 Å². The Morgan fingerprint density at radius 1 is 1.00 bits per heavy atom. The Morgan fingerprint density at radius 2 is 1.75 bits per heavy atom. The summed E-state index contributed by atoms with van der Waals surface area (Å²) in [6, 6.07) is 12.0. The summed E-state index contributed by atoms with van der Waals surface area (Å²) < 4.78 is 55.7. The average Bonchev–Trinajstić information content (AvgIpc) is 3.13. The van der Waals surface area contributed by atoms with Gasteiger partial charge in [0.15, 0.2) is 5.82 Å². The van der Waals surface area contributed by atoms with Gasteiger partial charge in [0.05, 0.1) is 17.4 Å². The monoisotopic (exact) mass is 441 g/mol. The molecule has 1 aromatic heterocycles. The SMILES string of the molecule is NCc1cccc(-c2c(F)c(COc3ccccc3CC(=O)O)cc3c(F)coc23)c1F. The quantitative estimate of drug-likeness (QED) is 0.413. The molecular weight excluding hydrogens is 423 g/mol. The number of fused-ring (bicyclic) bond motifs is 1. The van der Waals surface area contributed by atoms with Crippen LogP contribution in [0.25, 0.3) is 22.1 Å². The van der Waals surface area contributed by atoms with Crippen LogP contribution in [0.15, 0.2) is 59.2 Å². The molecule has 0 spiro atoms. The largest absolute Gasteiger partial charge is 0.488 e. The van der Waals surface area contributed by atoms with Crippen molar-refractivity contribution in [1.29, 1.82) is 0 Å². The molecule has 3 N–H and O–H groups in total. The van der Waals surface area contributed by atoms with E-state index in [2.05, 4.69) is 0 Å². The Bertz CT molecular complexity index is 1320. The van der Waals surface area contributed by atoms with Gasteiger partial charge in [0, 0.05) is 28.8 Å². The number of hydrogen-bond acceptors (Lipinski definition) is 4. The summed E-state index contributed by atoms with van der Waals surface area (Å²) in [6.45, 7) is -0.436. The van der Waals surface area contributed by atoms with E-state index in [4.69, 9.17) is 20.0 Å². The minimum Gasteiger partial charge on any atom is -0.488 e. The molecular formula is C24H18F3NO4. The van der Waals surface area contributed by atoms with E-state index in [0.29, 0.717) is 5.56 Å². The lowest BCUT2D eigenvalue weighted by Crippen LogP contribution is -2.06. The average molecular weight is 441 g/mol. The van der Waals surface area contributed by atoms with Crippen molar-refractivity contribution in [1.82, 2.24) is 0 Å². The molecule has 0 aliphatic heterocycles. The third kappa shape index (κ3) is 3.92. The third-order valence-electron chi connectivity index (χ3n) is 5.09. The summed E-state index contributed by atoms with van der Waals surface area (Å²) in [6.07, 6.45) is 0.543. The molecule has 3 aromatic carbocycles. The van der Waals surface area contributed by atoms with Gasteiger partial charge in [-0.3, -0.25) is 4.79 Å². The Labute approximate surface area is 180 Å². The smallest absolute Gasteiger partial charge is 0.307 e. The molecule has 5 nitrogen and oxygen atoms in total. The molecule has 0 amide bonds. The van der Waals surface area contributed by atoms with Gasteiger partial charge in [0.25, 0.3) is 0 Å². The molecule has 4 rings (SSSR count). The normalized spacial score (nSPS) is 11.1. The first-order valence-corrected chi connectivity index (χ1v) is 9.69. The number of carbonyl (C=O) groups is 1. The molecule has 0 radical (unpaired) electrons. The minimum absolute atomic E-state index is 0.0311. The van der Waals surface area contributed by atoms with Crippen molar-refractivity contribution < 1.29 is 32.2 Å². The van der Waals surface area contributed by atoms with Crippen LogP contribution in [0.1, 0.15) is 16.7 Å². The first-order valence-electron chi connectivity index (χ1n) is 9.69. The highest BCUT2D eigenvalue weighted by Crippen LogP contribution is 2.38. The van der Waals surface area contributed by atoms with Crippen molar-refractivity contribution in [2.45, 2.75) is 19.6 Å². The summed E-state index contributed by atoms with van der Waals surface area (Å²) in [5.74, 6) is -3.09. The number of ether oxygens (including phenoxy) is 1. The maximum Gasteiger partial charge on any atom is 0.307 e. The second kappa shape index (κ2) is 8.76. The lowest BCUT2D eigenvalue weighted by molar-refractivity contribution is -0.136. The number of carboxylic acids is 1. The van der Waals surface area contributed by atoms with E-state index in [-0.39, 0.29) is 58.5 Å². The van der Waals surface area contributed by atoms with Crippen molar-refractivity contribution in [2.24, 2.45) is 5.73 Å². The minimum atomic E-state index is -1.05. The van der Waals surface area contributed by atoms with Crippen molar-refractivity contribution in [3.05, 3.63) is 88.9 Å². The summed E-state index contributed by atoms with van der Waals surface area (Å²) in [4.78, 5) is 11.1. The van der Waals surface area contributed by atoms with Crippen LogP contribution in [-0.4, -0.2) is 11.1 Å². The summed E-state index contributed by atoms with van der Waals surface area (Å²) in [7, 11) is 0. The highest BCUT2D eigenvalue weighted by atomic mass is 19.1. The molecule has 0 saturated heterocycles. The fourth-order valence-electron chi connectivity index (χ4n) is 3.56. The Morgan fingerprint density at radius 3 is 2.50 bits per heavy atom. The predicted molar refractivity (Wildman–Crippen MR) is 112 cm³/mol. The molecule has 4 aromatic rings. The van der Waals surface area contributed by atoms with Crippen molar-refractivity contribution in [3.63, 3.8) is 0 Å². The van der Waals surface area contributed by atoms with E-state index in [1.54, 1.807) is 24.3 Å². The third-order valence-corrected chi connectivity index (χ3v) is 5.09. The fourth-order valence-corrected chi connectivity index (χ4v) is 3.56. The van der Waals surface area contributed by atoms with Crippen LogP contribution in [0.5, 0.6) is 5.75 Å². The highest BCUT2D eigenvalue weighted by molar-refractivity contribution is 5.94. The first-order chi connectivity index (χ1) is 15.4. The van der Waals surface area contributed by atoms with Gasteiger partial charge in [0.1, 0.15) is 35.8 Å². The number of nitrogens with two attached hydrogens (primary N) is 1. The number of furan rings is 1. The van der Waals surface area contributed by atoms with E-state index in [9.17, 15) is 13.6 Å². The maximum absolute atomic E-state index is 15.6. The molecule has 0 bridgehead atoms. The molecule has 0 aliphatic rings. The Hall–Kier alpha value is -3.78. The van der Waals surface area contributed by atoms with Crippen LogP contribution < -0.4 is 10.5 Å². The van der Waals surface area contributed by atoms with Crippen LogP contribution in [0, 0.1) is 17.5 Å². The fraction of sp³-hybridized carbons (Fsp3) is 0.125. The number of hydrogen-bond donors (Lipinski definition) is 2.